The van der Waals surface area contributed by atoms with Crippen molar-refractivity contribution in [3.63, 3.8) is 0 Å². The summed E-state index contributed by atoms with van der Waals surface area (Å²) < 4.78 is 5.83. The fourth-order valence-corrected chi connectivity index (χ4v) is 5.41. The molecule has 0 radical (unpaired) electrons. The van der Waals surface area contributed by atoms with E-state index in [0.29, 0.717) is 6.61 Å². The van der Waals surface area contributed by atoms with Crippen LogP contribution >= 0.6 is 11.8 Å². The van der Waals surface area contributed by atoms with Crippen molar-refractivity contribution in [3.8, 4) is 5.75 Å². The lowest BCUT2D eigenvalue weighted by Gasteiger charge is -2.42. The summed E-state index contributed by atoms with van der Waals surface area (Å²) in [6, 6.07) is 30.2. The molecule has 32 heavy (non-hydrogen) atoms. The van der Waals surface area contributed by atoms with Crippen LogP contribution in [0.2, 0.25) is 0 Å². The van der Waals surface area contributed by atoms with Crippen LogP contribution in [0.25, 0.3) is 0 Å². The van der Waals surface area contributed by atoms with Gasteiger partial charge in [0.05, 0.1) is 0 Å². The highest BCUT2D eigenvalue weighted by atomic mass is 32.2. The molecule has 1 fully saturated rings. The number of nitrogens with zero attached hydrogens (tertiary/aromatic N) is 2. The molecule has 0 bridgehead atoms. The van der Waals surface area contributed by atoms with Gasteiger partial charge >= 0.3 is 0 Å². The number of fused-ring (bicyclic) bond motifs is 1. The van der Waals surface area contributed by atoms with Gasteiger partial charge in [-0.2, -0.15) is 0 Å². The highest BCUT2D eigenvalue weighted by molar-refractivity contribution is 8.15. The van der Waals surface area contributed by atoms with Gasteiger partial charge in [-0.25, -0.2) is 0 Å². The van der Waals surface area contributed by atoms with Crippen molar-refractivity contribution >= 4 is 22.7 Å². The zero-order valence-corrected chi connectivity index (χ0v) is 18.6. The molecule has 3 aromatic rings. The molecule has 2 heterocycles. The number of aliphatic imine (C=N–C) groups is 1. The topological polar surface area (TPSA) is 41.9 Å². The summed E-state index contributed by atoms with van der Waals surface area (Å²) in [7, 11) is 0. The molecule has 2 atom stereocenters. The van der Waals surface area contributed by atoms with Gasteiger partial charge in [0, 0.05) is 11.6 Å². The van der Waals surface area contributed by atoms with Gasteiger partial charge in [0.25, 0.3) is 5.91 Å². The lowest BCUT2D eigenvalue weighted by atomic mass is 9.90. The maximum absolute atomic E-state index is 12.9. The Hall–Kier alpha value is -3.31. The predicted octanol–water partition coefficient (Wildman–Crippen LogP) is 5.48. The molecule has 0 saturated carbocycles. The summed E-state index contributed by atoms with van der Waals surface area (Å²) in [6.07, 6.45) is 2.19. The van der Waals surface area contributed by atoms with Gasteiger partial charge in [0.2, 0.25) is 0 Å². The Morgan fingerprint density at radius 3 is 2.12 bits per heavy atom. The van der Waals surface area contributed by atoms with E-state index in [-0.39, 0.29) is 23.2 Å². The number of benzene rings is 3. The highest BCUT2D eigenvalue weighted by Crippen LogP contribution is 2.42. The van der Waals surface area contributed by atoms with Crippen molar-refractivity contribution in [3.05, 3.63) is 114 Å². The first-order valence-electron chi connectivity index (χ1n) is 10.7. The zero-order chi connectivity index (χ0) is 21.9. The Balaban J connectivity index is 1.32. The first-order chi connectivity index (χ1) is 15.7. The molecule has 2 unspecified atom stereocenters. The molecule has 2 aliphatic heterocycles. The number of allylic oxidation sites excluding steroid dienone is 2. The number of carbonyl (C=O) groups is 1. The van der Waals surface area contributed by atoms with Gasteiger partial charge in [-0.05, 0) is 30.2 Å². The summed E-state index contributed by atoms with van der Waals surface area (Å²) in [5.41, 5.74) is 3.37. The van der Waals surface area contributed by atoms with Gasteiger partial charge in [-0.1, -0.05) is 96.7 Å². The Bertz CT molecular complexity index is 1110. The van der Waals surface area contributed by atoms with E-state index in [1.54, 1.807) is 11.8 Å². The van der Waals surface area contributed by atoms with Gasteiger partial charge in [0.15, 0.2) is 6.04 Å². The number of hydrogen-bond acceptors (Lipinski definition) is 4. The number of para-hydroxylation sites is 1. The number of amides is 1. The predicted molar refractivity (Wildman–Crippen MR) is 130 cm³/mol. The third kappa shape index (κ3) is 4.08. The zero-order valence-electron chi connectivity index (χ0n) is 17.8. The fraction of sp³-hybridized carbons (Fsp3) is 0.185. The molecule has 4 nitrogen and oxygen atoms in total. The number of likely N-dealkylation sites (tertiary alicyclic amines) is 1. The van der Waals surface area contributed by atoms with Crippen LogP contribution in [-0.2, 0) is 4.79 Å². The fourth-order valence-electron chi connectivity index (χ4n) is 4.14. The minimum atomic E-state index is -0.301. The van der Waals surface area contributed by atoms with Gasteiger partial charge in [0.1, 0.15) is 22.8 Å². The number of hydrogen-bond donors (Lipinski definition) is 0. The summed E-state index contributed by atoms with van der Waals surface area (Å²) in [6.45, 7) is 2.41. The molecule has 0 aromatic heterocycles. The van der Waals surface area contributed by atoms with Crippen molar-refractivity contribution in [1.29, 1.82) is 0 Å². The summed E-state index contributed by atoms with van der Waals surface area (Å²) in [5.74, 6) is 0.950. The van der Waals surface area contributed by atoms with Gasteiger partial charge in [-0.3, -0.25) is 14.7 Å². The lowest BCUT2D eigenvalue weighted by molar-refractivity contribution is -0.140. The Kier molecular flexibility index (Phi) is 5.82. The van der Waals surface area contributed by atoms with E-state index in [0.717, 1.165) is 16.5 Å². The molecule has 5 rings (SSSR count). The van der Waals surface area contributed by atoms with E-state index in [9.17, 15) is 4.79 Å². The minimum Gasteiger partial charge on any atom is -0.487 e. The molecule has 5 heteroatoms. The van der Waals surface area contributed by atoms with Crippen LogP contribution in [0, 0.1) is 0 Å². The molecule has 160 valence electrons. The van der Waals surface area contributed by atoms with Crippen molar-refractivity contribution in [2.75, 3.05) is 6.61 Å². The third-order valence-corrected chi connectivity index (χ3v) is 6.97. The Morgan fingerprint density at radius 1 is 0.969 bits per heavy atom. The van der Waals surface area contributed by atoms with Crippen LogP contribution in [0.3, 0.4) is 0 Å². The quantitative estimate of drug-likeness (QED) is 0.457. The molecule has 1 amide bonds. The Labute approximate surface area is 192 Å². The van der Waals surface area contributed by atoms with E-state index < -0.39 is 0 Å². The maximum atomic E-state index is 12.9. The van der Waals surface area contributed by atoms with Crippen LogP contribution in [0.1, 0.15) is 24.0 Å². The third-order valence-electron chi connectivity index (χ3n) is 5.77. The van der Waals surface area contributed by atoms with Crippen molar-refractivity contribution in [2.24, 2.45) is 4.99 Å². The smallest absolute Gasteiger partial charge is 0.255 e. The molecule has 0 N–H and O–H groups in total. The summed E-state index contributed by atoms with van der Waals surface area (Å²) in [4.78, 5) is 19.4. The first-order valence-corrected chi connectivity index (χ1v) is 11.6. The van der Waals surface area contributed by atoms with E-state index in [2.05, 4.69) is 59.6 Å². The van der Waals surface area contributed by atoms with Crippen LogP contribution in [0.4, 0.5) is 0 Å². The second-order valence-corrected chi connectivity index (χ2v) is 9.08. The number of ether oxygens (including phenoxy) is 1. The summed E-state index contributed by atoms with van der Waals surface area (Å²) >= 11 is 1.63. The second-order valence-electron chi connectivity index (χ2n) is 7.89. The van der Waals surface area contributed by atoms with E-state index in [4.69, 9.17) is 4.74 Å². The molecule has 0 spiro atoms. The largest absolute Gasteiger partial charge is 0.487 e. The van der Waals surface area contributed by atoms with Crippen LogP contribution < -0.4 is 4.74 Å². The standard InChI is InChI=1S/C27H24N2O2S/c1-19(17-23(20-11-5-2-6-12-20)21-13-7-3-8-14-21)29-26(30)25-27(29)32-24(28-25)18-31-22-15-9-4-10-16-22/h2-17,23,25,27H,18H2,1H3/b19-17+. The van der Waals surface area contributed by atoms with Crippen molar-refractivity contribution in [1.82, 2.24) is 4.90 Å². The van der Waals surface area contributed by atoms with Gasteiger partial charge < -0.3 is 4.74 Å². The molecular formula is C27H24N2O2S. The molecule has 1 saturated heterocycles. The van der Waals surface area contributed by atoms with Crippen molar-refractivity contribution in [2.45, 2.75) is 24.3 Å². The van der Waals surface area contributed by atoms with E-state index >= 15 is 0 Å². The van der Waals surface area contributed by atoms with Crippen LogP contribution in [-0.4, -0.2) is 33.9 Å². The first kappa shape index (κ1) is 20.6. The molecule has 3 aromatic carbocycles. The monoisotopic (exact) mass is 440 g/mol. The SMILES string of the molecule is C/C(=C\C(c1ccccc1)c1ccccc1)N1C(=O)C2N=C(COc3ccccc3)SC21. The number of β-lactam (4-membered cyclic amide) rings is 1. The summed E-state index contributed by atoms with van der Waals surface area (Å²) in [5, 5.41) is 0.885. The maximum Gasteiger partial charge on any atom is 0.255 e. The minimum absolute atomic E-state index is 0.0142. The average molecular weight is 441 g/mol. The van der Waals surface area contributed by atoms with Crippen LogP contribution in [0.15, 0.2) is 108 Å². The van der Waals surface area contributed by atoms with Crippen molar-refractivity contribution < 1.29 is 9.53 Å². The molecule has 2 aliphatic rings. The highest BCUT2D eigenvalue weighted by Gasteiger charge is 2.52. The molecule has 0 aliphatic carbocycles. The second kappa shape index (κ2) is 9.05. The van der Waals surface area contributed by atoms with Crippen LogP contribution in [0.5, 0.6) is 5.75 Å². The average Bonchev–Trinajstić information content (AvgIpc) is 3.21. The number of carbonyl (C=O) groups excluding carboxylic acids is 1. The normalized spacial score (nSPS) is 20.1. The molecular weight excluding hydrogens is 416 g/mol. The number of thioether (sulfide) groups is 1. The van der Waals surface area contributed by atoms with E-state index in [1.807, 2.05) is 54.3 Å². The lowest BCUT2D eigenvalue weighted by Crippen LogP contribution is -2.59. The number of rotatable bonds is 7. The van der Waals surface area contributed by atoms with E-state index in [1.165, 1.54) is 11.1 Å². The van der Waals surface area contributed by atoms with Gasteiger partial charge in [-0.15, -0.1) is 0 Å². The Morgan fingerprint density at radius 2 is 1.53 bits per heavy atom.